The maximum atomic E-state index is 10.5. The first-order chi connectivity index (χ1) is 5.66. The Kier molecular flexibility index (Phi) is 6.44. The molecule has 0 aromatic rings. The Morgan fingerprint density at radius 3 is 1.92 bits per heavy atom. The maximum absolute atomic E-state index is 10.5. The molecule has 1 aliphatic rings. The summed E-state index contributed by atoms with van der Waals surface area (Å²) in [6.45, 7) is 5.26. The van der Waals surface area contributed by atoms with Crippen molar-refractivity contribution in [2.24, 2.45) is 0 Å². The van der Waals surface area contributed by atoms with Crippen LogP contribution in [0.15, 0.2) is 12.3 Å². The largest absolute Gasteiger partial charge is 0.502 e. The Hall–Kier alpha value is -0.790. The van der Waals surface area contributed by atoms with Crippen LogP contribution in [0.3, 0.4) is 0 Å². The zero-order valence-corrected chi connectivity index (χ0v) is 8.06. The van der Waals surface area contributed by atoms with Gasteiger partial charge in [-0.3, -0.25) is 4.79 Å². The third-order valence-corrected chi connectivity index (χ3v) is 1.76. The lowest BCUT2D eigenvalue weighted by Gasteiger charge is -2.05. The molecule has 0 atom stereocenters. The van der Waals surface area contributed by atoms with Gasteiger partial charge in [0.15, 0.2) is 0 Å². The van der Waals surface area contributed by atoms with Crippen molar-refractivity contribution in [1.82, 2.24) is 0 Å². The normalized spacial score (nSPS) is 16.0. The molecule has 0 aromatic heterocycles. The molecule has 1 rings (SSSR count). The molecule has 12 heavy (non-hydrogen) atoms. The van der Waals surface area contributed by atoms with Crippen molar-refractivity contribution < 1.29 is 9.53 Å². The summed E-state index contributed by atoms with van der Waals surface area (Å²) in [5.74, 6) is 1.22. The van der Waals surface area contributed by atoms with Gasteiger partial charge in [-0.15, -0.1) is 0 Å². The second-order valence-corrected chi connectivity index (χ2v) is 3.01. The monoisotopic (exact) mass is 170 g/mol. The standard InChI is InChI=1S/C6H10O.C4H8O/c7-6-4-2-1-3-5-6;1-4(2)5-3/h1-5H2;1H2,2-3H3. The van der Waals surface area contributed by atoms with Crippen LogP contribution in [0.1, 0.15) is 39.0 Å². The number of ketones is 1. The van der Waals surface area contributed by atoms with Crippen LogP contribution in [-0.4, -0.2) is 12.9 Å². The fourth-order valence-corrected chi connectivity index (χ4v) is 0.946. The van der Waals surface area contributed by atoms with Gasteiger partial charge < -0.3 is 4.74 Å². The van der Waals surface area contributed by atoms with E-state index in [4.69, 9.17) is 0 Å². The summed E-state index contributed by atoms with van der Waals surface area (Å²) in [4.78, 5) is 10.5. The van der Waals surface area contributed by atoms with Crippen molar-refractivity contribution in [1.29, 1.82) is 0 Å². The first kappa shape index (κ1) is 11.2. The number of Topliss-reactive ketones (excluding diaryl/α,β-unsaturated/α-hetero) is 1. The zero-order valence-electron chi connectivity index (χ0n) is 8.06. The van der Waals surface area contributed by atoms with Crippen LogP contribution >= 0.6 is 0 Å². The minimum absolute atomic E-state index is 0.464. The van der Waals surface area contributed by atoms with Crippen LogP contribution in [0.5, 0.6) is 0 Å². The summed E-state index contributed by atoms with van der Waals surface area (Å²) in [5, 5.41) is 0. The molecule has 0 saturated heterocycles. The van der Waals surface area contributed by atoms with E-state index >= 15 is 0 Å². The molecule has 0 unspecified atom stereocenters. The van der Waals surface area contributed by atoms with E-state index in [0.717, 1.165) is 31.4 Å². The molecule has 1 fully saturated rings. The van der Waals surface area contributed by atoms with Crippen LogP contribution in [0, 0.1) is 0 Å². The zero-order chi connectivity index (χ0) is 9.40. The predicted octanol–water partition coefficient (Wildman–Crippen LogP) is 2.69. The van der Waals surface area contributed by atoms with Gasteiger partial charge in [-0.25, -0.2) is 0 Å². The Morgan fingerprint density at radius 1 is 1.33 bits per heavy atom. The Balaban J connectivity index is 0.000000217. The van der Waals surface area contributed by atoms with Crippen molar-refractivity contribution in [3.8, 4) is 0 Å². The maximum Gasteiger partial charge on any atom is 0.132 e. The molecule has 2 heteroatoms. The fourth-order valence-electron chi connectivity index (χ4n) is 0.946. The highest BCUT2D eigenvalue weighted by molar-refractivity contribution is 5.78. The van der Waals surface area contributed by atoms with E-state index in [2.05, 4.69) is 11.3 Å². The van der Waals surface area contributed by atoms with Gasteiger partial charge in [0.2, 0.25) is 0 Å². The van der Waals surface area contributed by atoms with Gasteiger partial charge in [0.05, 0.1) is 12.9 Å². The summed E-state index contributed by atoms with van der Waals surface area (Å²) < 4.78 is 4.56. The number of hydrogen-bond donors (Lipinski definition) is 0. The number of carbonyl (C=O) groups is 1. The van der Waals surface area contributed by atoms with Crippen LogP contribution in [-0.2, 0) is 9.53 Å². The minimum atomic E-state index is 0.464. The molecule has 0 aromatic carbocycles. The van der Waals surface area contributed by atoms with E-state index in [1.807, 2.05) is 0 Å². The molecule has 0 N–H and O–H groups in total. The Morgan fingerprint density at radius 2 is 1.75 bits per heavy atom. The molecule has 0 heterocycles. The van der Waals surface area contributed by atoms with Gasteiger partial charge in [0, 0.05) is 12.8 Å². The number of rotatable bonds is 1. The van der Waals surface area contributed by atoms with E-state index in [1.165, 1.54) is 6.42 Å². The van der Waals surface area contributed by atoms with E-state index in [1.54, 1.807) is 14.0 Å². The topological polar surface area (TPSA) is 26.3 Å². The molecule has 0 bridgehead atoms. The Labute approximate surface area is 74.6 Å². The predicted molar refractivity (Wildman–Crippen MR) is 49.9 cm³/mol. The van der Waals surface area contributed by atoms with Gasteiger partial charge in [-0.05, 0) is 19.8 Å². The second kappa shape index (κ2) is 6.89. The van der Waals surface area contributed by atoms with E-state index in [-0.39, 0.29) is 0 Å². The number of allylic oxidation sites excluding steroid dienone is 1. The number of methoxy groups -OCH3 is 1. The lowest BCUT2D eigenvalue weighted by molar-refractivity contribution is -0.120. The van der Waals surface area contributed by atoms with Crippen molar-refractivity contribution in [2.75, 3.05) is 7.11 Å². The summed E-state index contributed by atoms with van der Waals surface area (Å²) in [7, 11) is 1.60. The molecule has 0 spiro atoms. The molecule has 0 amide bonds. The number of ether oxygens (including phenoxy) is 1. The molecular formula is C10H18O2. The summed E-state index contributed by atoms with van der Waals surface area (Å²) >= 11 is 0. The minimum Gasteiger partial charge on any atom is -0.502 e. The number of hydrogen-bond acceptors (Lipinski definition) is 2. The van der Waals surface area contributed by atoms with Crippen LogP contribution < -0.4 is 0 Å². The molecule has 0 radical (unpaired) electrons. The lowest BCUT2D eigenvalue weighted by Crippen LogP contribution is -2.02. The van der Waals surface area contributed by atoms with Gasteiger partial charge >= 0.3 is 0 Å². The average Bonchev–Trinajstić information content (AvgIpc) is 2.07. The second-order valence-electron chi connectivity index (χ2n) is 3.01. The summed E-state index contributed by atoms with van der Waals surface area (Å²) in [6, 6.07) is 0. The molecule has 0 aliphatic heterocycles. The van der Waals surface area contributed by atoms with E-state index in [9.17, 15) is 4.79 Å². The molecule has 1 aliphatic carbocycles. The van der Waals surface area contributed by atoms with Crippen molar-refractivity contribution in [2.45, 2.75) is 39.0 Å². The average molecular weight is 170 g/mol. The van der Waals surface area contributed by atoms with Gasteiger partial charge in [-0.1, -0.05) is 13.0 Å². The SMILES string of the molecule is C=C(C)OC.O=C1CCCCC1. The highest BCUT2D eigenvalue weighted by atomic mass is 16.5. The third kappa shape index (κ3) is 7.32. The fraction of sp³-hybridized carbons (Fsp3) is 0.700. The van der Waals surface area contributed by atoms with Crippen LogP contribution in [0.4, 0.5) is 0 Å². The van der Waals surface area contributed by atoms with Crippen molar-refractivity contribution in [3.05, 3.63) is 12.3 Å². The van der Waals surface area contributed by atoms with E-state index in [0.29, 0.717) is 5.78 Å². The lowest BCUT2D eigenvalue weighted by atomic mass is 10.00. The van der Waals surface area contributed by atoms with Gasteiger partial charge in [0.25, 0.3) is 0 Å². The molecule has 1 saturated carbocycles. The molecule has 70 valence electrons. The highest BCUT2D eigenvalue weighted by Gasteiger charge is 2.05. The summed E-state index contributed by atoms with van der Waals surface area (Å²) in [6.07, 6.45) is 5.24. The molecular weight excluding hydrogens is 152 g/mol. The quantitative estimate of drug-likeness (QED) is 0.565. The van der Waals surface area contributed by atoms with Gasteiger partial charge in [-0.2, -0.15) is 0 Å². The highest BCUT2D eigenvalue weighted by Crippen LogP contribution is 2.12. The van der Waals surface area contributed by atoms with Gasteiger partial charge in [0.1, 0.15) is 5.78 Å². The van der Waals surface area contributed by atoms with Crippen LogP contribution in [0.25, 0.3) is 0 Å². The number of carbonyl (C=O) groups excluding carboxylic acids is 1. The van der Waals surface area contributed by atoms with Crippen LogP contribution in [0.2, 0.25) is 0 Å². The smallest absolute Gasteiger partial charge is 0.132 e. The Bertz CT molecular complexity index is 142. The summed E-state index contributed by atoms with van der Waals surface area (Å²) in [5.41, 5.74) is 0. The van der Waals surface area contributed by atoms with Crippen molar-refractivity contribution in [3.63, 3.8) is 0 Å². The molecule has 2 nitrogen and oxygen atoms in total. The first-order valence-corrected chi connectivity index (χ1v) is 4.38. The van der Waals surface area contributed by atoms with Crippen molar-refractivity contribution >= 4 is 5.78 Å². The van der Waals surface area contributed by atoms with E-state index < -0.39 is 0 Å². The third-order valence-electron chi connectivity index (χ3n) is 1.76. The first-order valence-electron chi connectivity index (χ1n) is 4.38.